The minimum atomic E-state index is -0.581. The van der Waals surface area contributed by atoms with Crippen molar-refractivity contribution in [3.8, 4) is 0 Å². The van der Waals surface area contributed by atoms with Crippen LogP contribution in [0.5, 0.6) is 0 Å². The van der Waals surface area contributed by atoms with Crippen molar-refractivity contribution < 1.29 is 9.72 Å². The van der Waals surface area contributed by atoms with Crippen LogP contribution in [0, 0.1) is 10.1 Å². The standard InChI is InChI=1S/C7H5NO3S/c9-4-5-3-6(12)1-2-7(5)8(10)11/h1-2,4H,3H2. The molecule has 5 heteroatoms. The zero-order valence-corrected chi connectivity index (χ0v) is 6.84. The molecule has 0 aromatic heterocycles. The molecule has 0 N–H and O–H groups in total. The minimum Gasteiger partial charge on any atom is -0.298 e. The lowest BCUT2D eigenvalue weighted by atomic mass is 10.0. The van der Waals surface area contributed by atoms with Crippen LogP contribution in [0.1, 0.15) is 6.42 Å². The third kappa shape index (κ3) is 1.62. The summed E-state index contributed by atoms with van der Waals surface area (Å²) in [5, 5.41) is 10.3. The summed E-state index contributed by atoms with van der Waals surface area (Å²) in [7, 11) is 0. The van der Waals surface area contributed by atoms with Gasteiger partial charge in [0, 0.05) is 17.4 Å². The predicted molar refractivity (Wildman–Crippen MR) is 46.4 cm³/mol. The van der Waals surface area contributed by atoms with Crippen LogP contribution in [0.15, 0.2) is 23.4 Å². The quantitative estimate of drug-likeness (QED) is 0.278. The van der Waals surface area contributed by atoms with E-state index in [0.29, 0.717) is 11.2 Å². The van der Waals surface area contributed by atoms with Gasteiger partial charge in [0.25, 0.3) is 5.70 Å². The van der Waals surface area contributed by atoms with Gasteiger partial charge in [0.1, 0.15) is 0 Å². The Bertz CT molecular complexity index is 317. The third-order valence-electron chi connectivity index (χ3n) is 1.46. The molecule has 0 saturated carbocycles. The molecule has 0 aliphatic heterocycles. The molecule has 0 aromatic rings. The number of hydrogen-bond acceptors (Lipinski definition) is 4. The minimum absolute atomic E-state index is 0.146. The van der Waals surface area contributed by atoms with Gasteiger partial charge in [-0.1, -0.05) is 12.2 Å². The lowest BCUT2D eigenvalue weighted by molar-refractivity contribution is -0.420. The third-order valence-corrected chi connectivity index (χ3v) is 1.74. The van der Waals surface area contributed by atoms with Gasteiger partial charge in [-0.2, -0.15) is 0 Å². The van der Waals surface area contributed by atoms with Crippen LogP contribution >= 0.6 is 12.2 Å². The summed E-state index contributed by atoms with van der Waals surface area (Å²) in [5.41, 5.74) is -0.00824. The van der Waals surface area contributed by atoms with Crippen molar-refractivity contribution >= 4 is 23.4 Å². The molecule has 4 nitrogen and oxygen atoms in total. The Morgan fingerprint density at radius 2 is 2.25 bits per heavy atom. The molecule has 0 amide bonds. The summed E-state index contributed by atoms with van der Waals surface area (Å²) in [6, 6.07) is 0. The normalized spacial score (nSPS) is 16.5. The van der Waals surface area contributed by atoms with Gasteiger partial charge in [-0.3, -0.25) is 14.9 Å². The molecule has 0 fully saturated rings. The van der Waals surface area contributed by atoms with Gasteiger partial charge in [0.2, 0.25) is 0 Å². The monoisotopic (exact) mass is 183 g/mol. The van der Waals surface area contributed by atoms with Crippen LogP contribution in [0.2, 0.25) is 0 Å². The van der Waals surface area contributed by atoms with Crippen LogP contribution < -0.4 is 0 Å². The van der Waals surface area contributed by atoms with Crippen molar-refractivity contribution in [2.24, 2.45) is 0 Å². The molecular weight excluding hydrogens is 178 g/mol. The highest BCUT2D eigenvalue weighted by atomic mass is 32.1. The van der Waals surface area contributed by atoms with Crippen LogP contribution in [0.4, 0.5) is 0 Å². The first-order valence-corrected chi connectivity index (χ1v) is 3.59. The number of nitrogens with zero attached hydrogens (tertiary/aromatic N) is 1. The van der Waals surface area contributed by atoms with E-state index in [9.17, 15) is 14.9 Å². The number of aldehydes is 1. The van der Waals surface area contributed by atoms with Gasteiger partial charge in [0.15, 0.2) is 6.29 Å². The van der Waals surface area contributed by atoms with E-state index < -0.39 is 4.92 Å². The van der Waals surface area contributed by atoms with Crippen molar-refractivity contribution in [3.63, 3.8) is 0 Å². The number of carbonyl (C=O) groups is 1. The number of carbonyl (C=O) groups excluding carboxylic acids is 1. The van der Waals surface area contributed by atoms with Crippen molar-refractivity contribution in [2.75, 3.05) is 0 Å². The van der Waals surface area contributed by atoms with Gasteiger partial charge in [-0.05, 0) is 6.08 Å². The summed E-state index contributed by atoms with van der Waals surface area (Å²) in [5.74, 6) is 0. The smallest absolute Gasteiger partial charge is 0.276 e. The maximum atomic E-state index is 10.4. The largest absolute Gasteiger partial charge is 0.298 e. The van der Waals surface area contributed by atoms with Crippen molar-refractivity contribution in [3.05, 3.63) is 33.5 Å². The summed E-state index contributed by atoms with van der Waals surface area (Å²) in [6.07, 6.45) is 3.41. The highest BCUT2D eigenvalue weighted by molar-refractivity contribution is 7.80. The van der Waals surface area contributed by atoms with Gasteiger partial charge in [-0.15, -0.1) is 0 Å². The molecule has 0 heterocycles. The molecule has 1 aliphatic rings. The Morgan fingerprint density at radius 3 is 2.75 bits per heavy atom. The predicted octanol–water partition coefficient (Wildman–Crippen LogP) is 1.05. The molecule has 12 heavy (non-hydrogen) atoms. The first-order chi connectivity index (χ1) is 5.65. The fraction of sp³-hybridized carbons (Fsp3) is 0.143. The Labute approximate surface area is 73.7 Å². The van der Waals surface area contributed by atoms with E-state index in [-0.39, 0.29) is 17.7 Å². The number of hydrogen-bond donors (Lipinski definition) is 0. The van der Waals surface area contributed by atoms with E-state index in [4.69, 9.17) is 12.2 Å². The van der Waals surface area contributed by atoms with E-state index in [0.717, 1.165) is 0 Å². The van der Waals surface area contributed by atoms with E-state index in [1.807, 2.05) is 0 Å². The molecule has 0 bridgehead atoms. The lowest BCUT2D eigenvalue weighted by Gasteiger charge is -2.03. The van der Waals surface area contributed by atoms with Gasteiger partial charge in [-0.25, -0.2) is 0 Å². The van der Waals surface area contributed by atoms with Crippen LogP contribution in [-0.4, -0.2) is 16.1 Å². The first-order valence-electron chi connectivity index (χ1n) is 3.19. The number of thiocarbonyl (C=S) groups is 1. The van der Waals surface area contributed by atoms with Gasteiger partial charge in [0.05, 0.1) is 10.5 Å². The summed E-state index contributed by atoms with van der Waals surface area (Å²) in [6.45, 7) is 0. The Hall–Kier alpha value is -1.36. The summed E-state index contributed by atoms with van der Waals surface area (Å²) >= 11 is 4.79. The van der Waals surface area contributed by atoms with E-state index in [1.165, 1.54) is 12.2 Å². The maximum Gasteiger partial charge on any atom is 0.276 e. The second-order valence-electron chi connectivity index (χ2n) is 2.26. The van der Waals surface area contributed by atoms with Crippen molar-refractivity contribution in [2.45, 2.75) is 6.42 Å². The summed E-state index contributed by atoms with van der Waals surface area (Å²) < 4.78 is 0. The van der Waals surface area contributed by atoms with E-state index >= 15 is 0 Å². The zero-order valence-electron chi connectivity index (χ0n) is 6.02. The Balaban J connectivity index is 3.09. The maximum absolute atomic E-state index is 10.4. The average molecular weight is 183 g/mol. The fourth-order valence-corrected chi connectivity index (χ4v) is 1.12. The SMILES string of the molecule is O=CC1=C([N+](=O)[O-])C=CC(=S)C1. The van der Waals surface area contributed by atoms with Crippen LogP contribution in [0.3, 0.4) is 0 Å². The fourth-order valence-electron chi connectivity index (χ4n) is 0.896. The number of rotatable bonds is 2. The molecule has 0 unspecified atom stereocenters. The van der Waals surface area contributed by atoms with E-state index in [2.05, 4.69) is 0 Å². The second-order valence-corrected chi connectivity index (χ2v) is 2.79. The van der Waals surface area contributed by atoms with Gasteiger partial charge < -0.3 is 0 Å². The topological polar surface area (TPSA) is 60.2 Å². The van der Waals surface area contributed by atoms with Crippen LogP contribution in [-0.2, 0) is 4.79 Å². The molecule has 0 spiro atoms. The zero-order chi connectivity index (χ0) is 9.14. The molecule has 62 valence electrons. The molecule has 0 saturated heterocycles. The molecule has 0 aromatic carbocycles. The van der Waals surface area contributed by atoms with Crippen molar-refractivity contribution in [1.29, 1.82) is 0 Å². The summed E-state index contributed by atoms with van der Waals surface area (Å²) in [4.78, 5) is 20.7. The Kier molecular flexibility index (Phi) is 2.44. The highest BCUT2D eigenvalue weighted by Crippen LogP contribution is 2.15. The molecule has 1 aliphatic carbocycles. The molecular formula is C7H5NO3S. The lowest BCUT2D eigenvalue weighted by Crippen LogP contribution is -2.09. The number of nitro groups is 1. The average Bonchev–Trinajstić information content (AvgIpc) is 2.03. The second kappa shape index (κ2) is 3.36. The van der Waals surface area contributed by atoms with E-state index in [1.54, 1.807) is 0 Å². The van der Waals surface area contributed by atoms with Crippen LogP contribution in [0.25, 0.3) is 0 Å². The van der Waals surface area contributed by atoms with Crippen molar-refractivity contribution in [1.82, 2.24) is 0 Å². The Morgan fingerprint density at radius 1 is 1.58 bits per heavy atom. The molecule has 0 radical (unpaired) electrons. The van der Waals surface area contributed by atoms with Gasteiger partial charge >= 0.3 is 0 Å². The number of allylic oxidation sites excluding steroid dienone is 3. The first kappa shape index (κ1) is 8.73. The molecule has 0 atom stereocenters. The highest BCUT2D eigenvalue weighted by Gasteiger charge is 2.19. The molecule has 1 rings (SSSR count).